The molecule has 1 amide bonds. The Balaban J connectivity index is 1.91. The minimum Gasteiger partial charge on any atom is -0.394 e. The molecule has 1 aliphatic heterocycles. The van der Waals surface area contributed by atoms with Gasteiger partial charge in [-0.05, 0) is 44.2 Å². The Bertz CT molecular complexity index is 559. The van der Waals surface area contributed by atoms with Gasteiger partial charge in [0.15, 0.2) is 0 Å². The molecule has 1 aliphatic carbocycles. The van der Waals surface area contributed by atoms with Crippen molar-refractivity contribution >= 4 is 5.91 Å². The van der Waals surface area contributed by atoms with Gasteiger partial charge in [-0.25, -0.2) is 0 Å². The van der Waals surface area contributed by atoms with E-state index in [1.54, 1.807) is 0 Å². The molecule has 0 spiro atoms. The Kier molecular flexibility index (Phi) is 4.24. The van der Waals surface area contributed by atoms with E-state index < -0.39 is 5.41 Å². The standard InChI is InChI=1S/C18H25NO3/c1-13-12-22-15(11-20)10-19(13)17(21)18(2)9-5-7-14-6-3-4-8-16(14)18/h3-4,6,8,13,15,20H,5,7,9-12H2,1-2H3. The van der Waals surface area contributed by atoms with Crippen LogP contribution in [0.2, 0.25) is 0 Å². The zero-order valence-corrected chi connectivity index (χ0v) is 13.4. The summed E-state index contributed by atoms with van der Waals surface area (Å²) in [5.74, 6) is 0.175. The SMILES string of the molecule is CC1COC(CO)CN1C(=O)C1(C)CCCc2ccccc21. The minimum atomic E-state index is -0.458. The fourth-order valence-electron chi connectivity index (χ4n) is 3.79. The zero-order valence-electron chi connectivity index (χ0n) is 13.4. The molecule has 4 heteroatoms. The summed E-state index contributed by atoms with van der Waals surface area (Å²) in [5, 5.41) is 9.35. The molecule has 3 atom stereocenters. The highest BCUT2D eigenvalue weighted by Gasteiger charge is 2.43. The molecule has 0 saturated carbocycles. The summed E-state index contributed by atoms with van der Waals surface area (Å²) < 4.78 is 5.57. The molecule has 2 aliphatic rings. The van der Waals surface area contributed by atoms with Crippen LogP contribution in [0.1, 0.15) is 37.8 Å². The number of morpholine rings is 1. The van der Waals surface area contributed by atoms with Crippen LogP contribution in [0.4, 0.5) is 0 Å². The third kappa shape index (κ3) is 2.55. The van der Waals surface area contributed by atoms with Crippen LogP contribution in [0.15, 0.2) is 24.3 Å². The maximum absolute atomic E-state index is 13.3. The first kappa shape index (κ1) is 15.5. The predicted octanol–water partition coefficient (Wildman–Crippen LogP) is 1.89. The topological polar surface area (TPSA) is 49.8 Å². The van der Waals surface area contributed by atoms with Gasteiger partial charge in [-0.2, -0.15) is 0 Å². The van der Waals surface area contributed by atoms with E-state index in [1.807, 2.05) is 24.0 Å². The molecule has 22 heavy (non-hydrogen) atoms. The van der Waals surface area contributed by atoms with Crippen molar-refractivity contribution in [3.63, 3.8) is 0 Å². The fourth-order valence-corrected chi connectivity index (χ4v) is 3.79. The summed E-state index contributed by atoms with van der Waals surface area (Å²) >= 11 is 0. The molecule has 0 bridgehead atoms. The molecule has 1 N–H and O–H groups in total. The number of aryl methyl sites for hydroxylation is 1. The second-order valence-corrected chi connectivity index (χ2v) is 6.79. The number of aliphatic hydroxyl groups excluding tert-OH is 1. The van der Waals surface area contributed by atoms with E-state index in [-0.39, 0.29) is 24.7 Å². The number of benzene rings is 1. The largest absolute Gasteiger partial charge is 0.394 e. The van der Waals surface area contributed by atoms with Gasteiger partial charge in [-0.15, -0.1) is 0 Å². The number of carbonyl (C=O) groups excluding carboxylic acids is 1. The maximum Gasteiger partial charge on any atom is 0.233 e. The van der Waals surface area contributed by atoms with Crippen molar-refractivity contribution in [2.24, 2.45) is 0 Å². The van der Waals surface area contributed by atoms with Gasteiger partial charge in [0.05, 0.1) is 30.8 Å². The second kappa shape index (κ2) is 6.01. The molecule has 0 radical (unpaired) electrons. The number of amides is 1. The zero-order chi connectivity index (χ0) is 15.7. The number of rotatable bonds is 2. The molecule has 1 saturated heterocycles. The molecule has 0 aromatic heterocycles. The number of carbonyl (C=O) groups is 1. The van der Waals surface area contributed by atoms with Crippen molar-refractivity contribution in [2.75, 3.05) is 19.8 Å². The van der Waals surface area contributed by atoms with E-state index in [4.69, 9.17) is 4.74 Å². The normalized spacial score (nSPS) is 31.7. The number of ether oxygens (including phenoxy) is 1. The van der Waals surface area contributed by atoms with Crippen LogP contribution in [0.5, 0.6) is 0 Å². The Morgan fingerprint density at radius 3 is 3.00 bits per heavy atom. The summed E-state index contributed by atoms with van der Waals surface area (Å²) in [6.07, 6.45) is 2.72. The number of fused-ring (bicyclic) bond motifs is 1. The van der Waals surface area contributed by atoms with Crippen molar-refractivity contribution in [1.29, 1.82) is 0 Å². The van der Waals surface area contributed by atoms with E-state index in [0.717, 1.165) is 19.3 Å². The van der Waals surface area contributed by atoms with Crippen molar-refractivity contribution in [3.8, 4) is 0 Å². The molecule has 1 aromatic carbocycles. The Hall–Kier alpha value is -1.39. The van der Waals surface area contributed by atoms with Crippen molar-refractivity contribution in [1.82, 2.24) is 4.90 Å². The molecular weight excluding hydrogens is 278 g/mol. The number of nitrogens with zero attached hydrogens (tertiary/aromatic N) is 1. The molecular formula is C18H25NO3. The van der Waals surface area contributed by atoms with Crippen LogP contribution in [-0.4, -0.2) is 47.8 Å². The smallest absolute Gasteiger partial charge is 0.233 e. The Morgan fingerprint density at radius 1 is 1.45 bits per heavy atom. The average Bonchev–Trinajstić information content (AvgIpc) is 2.55. The van der Waals surface area contributed by atoms with Crippen LogP contribution < -0.4 is 0 Å². The van der Waals surface area contributed by atoms with E-state index in [1.165, 1.54) is 11.1 Å². The highest BCUT2D eigenvalue weighted by Crippen LogP contribution is 2.39. The third-order valence-corrected chi connectivity index (χ3v) is 5.18. The highest BCUT2D eigenvalue weighted by atomic mass is 16.5. The second-order valence-electron chi connectivity index (χ2n) is 6.79. The van der Waals surface area contributed by atoms with Crippen molar-refractivity contribution < 1.29 is 14.6 Å². The van der Waals surface area contributed by atoms with Gasteiger partial charge in [-0.1, -0.05) is 24.3 Å². The molecule has 3 unspecified atom stereocenters. The quantitative estimate of drug-likeness (QED) is 0.907. The lowest BCUT2D eigenvalue weighted by molar-refractivity contribution is -0.152. The number of hydrogen-bond donors (Lipinski definition) is 1. The average molecular weight is 303 g/mol. The van der Waals surface area contributed by atoms with Gasteiger partial charge in [0.25, 0.3) is 0 Å². The van der Waals surface area contributed by atoms with Crippen LogP contribution in [0, 0.1) is 0 Å². The summed E-state index contributed by atoms with van der Waals surface area (Å²) in [4.78, 5) is 15.2. The lowest BCUT2D eigenvalue weighted by atomic mass is 9.70. The minimum absolute atomic E-state index is 0.0379. The molecule has 1 fully saturated rings. The monoisotopic (exact) mass is 303 g/mol. The molecule has 3 rings (SSSR count). The van der Waals surface area contributed by atoms with Crippen LogP contribution >= 0.6 is 0 Å². The van der Waals surface area contributed by atoms with Gasteiger partial charge >= 0.3 is 0 Å². The third-order valence-electron chi connectivity index (χ3n) is 5.18. The lowest BCUT2D eigenvalue weighted by Gasteiger charge is -2.44. The molecule has 4 nitrogen and oxygen atoms in total. The summed E-state index contributed by atoms with van der Waals surface area (Å²) in [6.45, 7) is 5.03. The van der Waals surface area contributed by atoms with Crippen LogP contribution in [-0.2, 0) is 21.4 Å². The van der Waals surface area contributed by atoms with Crippen LogP contribution in [0.3, 0.4) is 0 Å². The summed E-state index contributed by atoms with van der Waals surface area (Å²) in [5.41, 5.74) is 2.01. The fraction of sp³-hybridized carbons (Fsp3) is 0.611. The summed E-state index contributed by atoms with van der Waals surface area (Å²) in [7, 11) is 0. The highest BCUT2D eigenvalue weighted by molar-refractivity contribution is 5.89. The van der Waals surface area contributed by atoms with Gasteiger partial charge < -0.3 is 14.7 Å². The van der Waals surface area contributed by atoms with E-state index >= 15 is 0 Å². The van der Waals surface area contributed by atoms with Crippen molar-refractivity contribution in [2.45, 2.75) is 50.7 Å². The van der Waals surface area contributed by atoms with E-state index in [0.29, 0.717) is 13.2 Å². The van der Waals surface area contributed by atoms with Gasteiger partial charge in [0.1, 0.15) is 0 Å². The first-order valence-electron chi connectivity index (χ1n) is 8.18. The Morgan fingerprint density at radius 2 is 2.23 bits per heavy atom. The summed E-state index contributed by atoms with van der Waals surface area (Å²) in [6, 6.07) is 8.37. The molecule has 1 heterocycles. The maximum atomic E-state index is 13.3. The lowest BCUT2D eigenvalue weighted by Crippen LogP contribution is -2.57. The van der Waals surface area contributed by atoms with Crippen molar-refractivity contribution in [3.05, 3.63) is 35.4 Å². The number of aliphatic hydroxyl groups is 1. The Labute approximate surface area is 132 Å². The number of hydrogen-bond acceptors (Lipinski definition) is 3. The molecule has 1 aromatic rings. The van der Waals surface area contributed by atoms with Gasteiger partial charge in [0.2, 0.25) is 5.91 Å². The predicted molar refractivity (Wildman–Crippen MR) is 84.7 cm³/mol. The molecule has 120 valence electrons. The van der Waals surface area contributed by atoms with Gasteiger partial charge in [-0.3, -0.25) is 4.79 Å². The van der Waals surface area contributed by atoms with E-state index in [2.05, 4.69) is 19.1 Å². The van der Waals surface area contributed by atoms with Gasteiger partial charge in [0, 0.05) is 6.54 Å². The van der Waals surface area contributed by atoms with Crippen LogP contribution in [0.25, 0.3) is 0 Å². The first-order valence-corrected chi connectivity index (χ1v) is 8.18. The van der Waals surface area contributed by atoms with E-state index in [9.17, 15) is 9.90 Å². The first-order chi connectivity index (χ1) is 10.6.